The smallest absolute Gasteiger partial charge is 0.220 e. The zero-order valence-corrected chi connectivity index (χ0v) is 18.3. The lowest BCUT2D eigenvalue weighted by Gasteiger charge is -2.29. The van der Waals surface area contributed by atoms with E-state index in [4.69, 9.17) is 0 Å². The van der Waals surface area contributed by atoms with E-state index in [2.05, 4.69) is 29.4 Å². The fourth-order valence-corrected chi connectivity index (χ4v) is 7.02. The van der Waals surface area contributed by atoms with Crippen LogP contribution in [0.5, 0.6) is 0 Å². The van der Waals surface area contributed by atoms with E-state index in [9.17, 15) is 9.90 Å². The summed E-state index contributed by atoms with van der Waals surface area (Å²) in [7, 11) is 0. The number of aromatic nitrogens is 1. The van der Waals surface area contributed by atoms with Crippen molar-refractivity contribution < 1.29 is 9.90 Å². The van der Waals surface area contributed by atoms with Gasteiger partial charge in [-0.2, -0.15) is 0 Å². The molecular formula is C22H32N2O2S2. The van der Waals surface area contributed by atoms with Crippen molar-refractivity contribution in [1.29, 1.82) is 0 Å². The Kier molecular flexibility index (Phi) is 8.62. The van der Waals surface area contributed by atoms with E-state index >= 15 is 0 Å². The van der Waals surface area contributed by atoms with E-state index in [0.717, 1.165) is 24.8 Å². The van der Waals surface area contributed by atoms with E-state index in [-0.39, 0.29) is 24.3 Å². The molecule has 4 nitrogen and oxygen atoms in total. The maximum atomic E-state index is 12.6. The van der Waals surface area contributed by atoms with E-state index in [0.29, 0.717) is 17.5 Å². The Morgan fingerprint density at radius 3 is 2.82 bits per heavy atom. The van der Waals surface area contributed by atoms with Gasteiger partial charge in [0.25, 0.3) is 0 Å². The zero-order valence-electron chi connectivity index (χ0n) is 16.7. The van der Waals surface area contributed by atoms with Gasteiger partial charge in [-0.25, -0.2) is 0 Å². The lowest BCUT2D eigenvalue weighted by atomic mass is 9.85. The van der Waals surface area contributed by atoms with Gasteiger partial charge in [0.1, 0.15) is 0 Å². The van der Waals surface area contributed by atoms with Crippen molar-refractivity contribution in [3.63, 3.8) is 0 Å². The highest BCUT2D eigenvalue weighted by atomic mass is 32.2. The van der Waals surface area contributed by atoms with Crippen LogP contribution in [0.2, 0.25) is 0 Å². The van der Waals surface area contributed by atoms with Crippen molar-refractivity contribution >= 4 is 40.3 Å². The Morgan fingerprint density at radius 2 is 2.07 bits per heavy atom. The molecule has 0 radical (unpaired) electrons. The molecule has 2 heterocycles. The molecule has 0 saturated carbocycles. The summed E-state index contributed by atoms with van der Waals surface area (Å²) in [5, 5.41) is 14.1. The van der Waals surface area contributed by atoms with Crippen molar-refractivity contribution in [3.05, 3.63) is 36.0 Å². The third-order valence-electron chi connectivity index (χ3n) is 5.66. The number of para-hydroxylation sites is 1. The number of nitrogens with one attached hydrogen (secondary N) is 2. The minimum atomic E-state index is 0.113. The van der Waals surface area contributed by atoms with Crippen LogP contribution in [0, 0.1) is 11.8 Å². The summed E-state index contributed by atoms with van der Waals surface area (Å²) in [6.07, 6.45) is 6.60. The molecule has 28 heavy (non-hydrogen) atoms. The number of rotatable bonds is 10. The first-order valence-corrected chi connectivity index (χ1v) is 12.5. The molecule has 1 amide bonds. The minimum Gasteiger partial charge on any atom is -0.396 e. The fraction of sp³-hybridized carbons (Fsp3) is 0.591. The normalized spacial score (nSPS) is 17.5. The molecule has 1 aliphatic heterocycles. The second-order valence-electron chi connectivity index (χ2n) is 7.53. The van der Waals surface area contributed by atoms with Gasteiger partial charge in [0.05, 0.1) is 4.58 Å². The summed E-state index contributed by atoms with van der Waals surface area (Å²) in [6.45, 7) is 2.94. The van der Waals surface area contributed by atoms with E-state index < -0.39 is 0 Å². The fourth-order valence-electron chi connectivity index (χ4n) is 3.96. The predicted octanol–water partition coefficient (Wildman–Crippen LogP) is 4.44. The highest BCUT2D eigenvalue weighted by Gasteiger charge is 2.27. The highest BCUT2D eigenvalue weighted by Crippen LogP contribution is 2.38. The number of H-pyrrole nitrogens is 1. The quantitative estimate of drug-likeness (QED) is 0.532. The number of aliphatic hydroxyl groups excluding tert-OH is 1. The Bertz CT molecular complexity index is 739. The van der Waals surface area contributed by atoms with Gasteiger partial charge >= 0.3 is 0 Å². The van der Waals surface area contributed by atoms with Gasteiger partial charge in [-0.15, -0.1) is 23.5 Å². The van der Waals surface area contributed by atoms with E-state index in [1.165, 1.54) is 28.9 Å². The molecule has 0 unspecified atom stereocenters. The number of carbonyl (C=O) groups is 1. The molecule has 0 bridgehead atoms. The summed E-state index contributed by atoms with van der Waals surface area (Å²) >= 11 is 4.04. The first-order valence-electron chi connectivity index (χ1n) is 10.4. The third-order valence-corrected chi connectivity index (χ3v) is 8.65. The number of benzene rings is 1. The molecule has 1 aromatic heterocycles. The summed E-state index contributed by atoms with van der Waals surface area (Å²) in [4.78, 5) is 15.9. The molecule has 1 fully saturated rings. The standard InChI is InChI=1S/C22H32N2O2S2/c1-2-16(15-25)18(13-22-27-10-5-11-28-22)12-21(26)23-9-8-17-14-24-20-7-4-3-6-19(17)20/h3-4,6-7,14,16,18,22,24-25H,2,5,8-13,15H2,1H3,(H,23,26)/t16-,18-/m0/s1. The first kappa shape index (κ1) is 21.6. The van der Waals surface area contributed by atoms with Gasteiger partial charge in [-0.1, -0.05) is 31.5 Å². The average Bonchev–Trinajstić information content (AvgIpc) is 3.13. The molecule has 1 aliphatic rings. The van der Waals surface area contributed by atoms with Crippen LogP contribution in [-0.2, 0) is 11.2 Å². The maximum Gasteiger partial charge on any atom is 0.220 e. The van der Waals surface area contributed by atoms with Crippen LogP contribution < -0.4 is 5.32 Å². The molecule has 1 saturated heterocycles. The number of aromatic amines is 1. The molecule has 154 valence electrons. The van der Waals surface area contributed by atoms with Gasteiger partial charge < -0.3 is 15.4 Å². The van der Waals surface area contributed by atoms with Crippen molar-refractivity contribution in [3.8, 4) is 0 Å². The lowest BCUT2D eigenvalue weighted by Crippen LogP contribution is -2.32. The number of hydrogen-bond donors (Lipinski definition) is 3. The summed E-state index contributed by atoms with van der Waals surface area (Å²) < 4.78 is 0.568. The van der Waals surface area contributed by atoms with Crippen LogP contribution in [-0.4, -0.2) is 45.2 Å². The van der Waals surface area contributed by atoms with Gasteiger partial charge in [0.15, 0.2) is 0 Å². The molecule has 2 aromatic rings. The van der Waals surface area contributed by atoms with Crippen molar-refractivity contribution in [2.75, 3.05) is 24.7 Å². The van der Waals surface area contributed by atoms with E-state index in [1.54, 1.807) is 0 Å². The van der Waals surface area contributed by atoms with Crippen LogP contribution in [0.4, 0.5) is 0 Å². The SMILES string of the molecule is CC[C@@H](CO)[C@@H](CC(=O)NCCc1c[nH]c2ccccc12)CC1SCCCS1. The molecule has 0 spiro atoms. The lowest BCUT2D eigenvalue weighted by molar-refractivity contribution is -0.122. The topological polar surface area (TPSA) is 65.1 Å². The first-order chi connectivity index (χ1) is 13.7. The minimum absolute atomic E-state index is 0.113. The summed E-state index contributed by atoms with van der Waals surface area (Å²) in [5.74, 6) is 3.02. The van der Waals surface area contributed by atoms with Crippen LogP contribution in [0.15, 0.2) is 30.5 Å². The molecule has 6 heteroatoms. The largest absolute Gasteiger partial charge is 0.396 e. The van der Waals surface area contributed by atoms with Gasteiger partial charge in [-0.3, -0.25) is 4.79 Å². The summed E-state index contributed by atoms with van der Waals surface area (Å²) in [5.41, 5.74) is 2.38. The number of amides is 1. The number of hydrogen-bond acceptors (Lipinski definition) is 4. The van der Waals surface area contributed by atoms with Crippen molar-refractivity contribution in [2.45, 2.75) is 43.6 Å². The number of carbonyl (C=O) groups excluding carboxylic acids is 1. The molecule has 2 atom stereocenters. The van der Waals surface area contributed by atoms with Crippen LogP contribution >= 0.6 is 23.5 Å². The van der Waals surface area contributed by atoms with Gasteiger partial charge in [0.2, 0.25) is 5.91 Å². The summed E-state index contributed by atoms with van der Waals surface area (Å²) in [6, 6.07) is 8.26. The number of aliphatic hydroxyl groups is 1. The van der Waals surface area contributed by atoms with E-state index in [1.807, 2.05) is 41.9 Å². The molecule has 1 aromatic carbocycles. The Morgan fingerprint density at radius 1 is 1.29 bits per heavy atom. The monoisotopic (exact) mass is 420 g/mol. The second kappa shape index (κ2) is 11.2. The van der Waals surface area contributed by atoms with Crippen LogP contribution in [0.25, 0.3) is 10.9 Å². The number of thioether (sulfide) groups is 2. The third kappa shape index (κ3) is 5.94. The predicted molar refractivity (Wildman–Crippen MR) is 122 cm³/mol. The van der Waals surface area contributed by atoms with Gasteiger partial charge in [-0.05, 0) is 54.2 Å². The maximum absolute atomic E-state index is 12.6. The molecule has 0 aliphatic carbocycles. The Labute approximate surface area is 176 Å². The van der Waals surface area contributed by atoms with Gasteiger partial charge in [0, 0.05) is 36.7 Å². The van der Waals surface area contributed by atoms with Crippen LogP contribution in [0.3, 0.4) is 0 Å². The highest BCUT2D eigenvalue weighted by molar-refractivity contribution is 8.17. The molecule has 3 rings (SSSR count). The second-order valence-corrected chi connectivity index (χ2v) is 10.5. The molecular weight excluding hydrogens is 388 g/mol. The van der Waals surface area contributed by atoms with Crippen molar-refractivity contribution in [1.82, 2.24) is 10.3 Å². The number of fused-ring (bicyclic) bond motifs is 1. The van der Waals surface area contributed by atoms with Crippen LogP contribution in [0.1, 0.15) is 38.2 Å². The Hall–Kier alpha value is -1.11. The average molecular weight is 421 g/mol. The Balaban J connectivity index is 1.50. The zero-order chi connectivity index (χ0) is 19.8. The molecule has 3 N–H and O–H groups in total. The van der Waals surface area contributed by atoms with Crippen molar-refractivity contribution in [2.24, 2.45) is 11.8 Å².